The van der Waals surface area contributed by atoms with Gasteiger partial charge in [0.1, 0.15) is 0 Å². The number of nitrogens with one attached hydrogen (secondary N) is 2. The Kier molecular flexibility index (Phi) is 4.91. The van der Waals surface area contributed by atoms with Crippen molar-refractivity contribution in [1.82, 2.24) is 5.32 Å². The van der Waals surface area contributed by atoms with Gasteiger partial charge >= 0.3 is 0 Å². The van der Waals surface area contributed by atoms with E-state index in [0.717, 1.165) is 23.5 Å². The Labute approximate surface area is 166 Å². The first-order chi connectivity index (χ1) is 13.3. The fourth-order valence-corrected chi connectivity index (χ4v) is 5.59. The minimum absolute atomic E-state index is 0.131. The molecule has 0 unspecified atom stereocenters. The standard InChI is InChI=1S/C22H26N2O3S/c1-14-3-9-19(10-4-14)28(26,27)24-20-13-18(7-5-15(20)2)22(25)23-21-12-16-6-8-17(21)11-16/h3-5,7,9-10,13,16-17,21,24H,6,8,11-12H2,1-2H3,(H,23,25)/t16-,17-,21-/m0/s1. The van der Waals surface area contributed by atoms with Gasteiger partial charge in [-0.1, -0.05) is 30.2 Å². The van der Waals surface area contributed by atoms with Gasteiger partial charge in [0.15, 0.2) is 0 Å². The third-order valence-corrected chi connectivity index (χ3v) is 7.51. The molecule has 0 radical (unpaired) electrons. The normalized spacial score (nSPS) is 23.6. The van der Waals surface area contributed by atoms with Gasteiger partial charge in [-0.25, -0.2) is 8.42 Å². The second kappa shape index (κ2) is 7.24. The monoisotopic (exact) mass is 398 g/mol. The molecular weight excluding hydrogens is 372 g/mol. The van der Waals surface area contributed by atoms with E-state index < -0.39 is 10.0 Å². The number of rotatable bonds is 5. The summed E-state index contributed by atoms with van der Waals surface area (Å²) in [6, 6.07) is 12.1. The molecule has 2 saturated carbocycles. The van der Waals surface area contributed by atoms with E-state index in [4.69, 9.17) is 0 Å². The second-order valence-electron chi connectivity index (χ2n) is 8.20. The molecule has 148 valence electrons. The number of sulfonamides is 1. The maximum Gasteiger partial charge on any atom is 0.261 e. The van der Waals surface area contributed by atoms with Crippen LogP contribution in [0.4, 0.5) is 5.69 Å². The van der Waals surface area contributed by atoms with Crippen molar-refractivity contribution in [3.8, 4) is 0 Å². The molecule has 2 aromatic rings. The number of benzene rings is 2. The van der Waals surface area contributed by atoms with Crippen LogP contribution in [-0.4, -0.2) is 20.4 Å². The molecule has 4 rings (SSSR count). The third-order valence-electron chi connectivity index (χ3n) is 6.13. The average molecular weight is 399 g/mol. The molecule has 28 heavy (non-hydrogen) atoms. The van der Waals surface area contributed by atoms with E-state index in [1.165, 1.54) is 19.3 Å². The van der Waals surface area contributed by atoms with Crippen LogP contribution >= 0.6 is 0 Å². The molecular formula is C22H26N2O3S. The summed E-state index contributed by atoms with van der Waals surface area (Å²) in [4.78, 5) is 12.9. The van der Waals surface area contributed by atoms with Gasteiger partial charge in [0.05, 0.1) is 10.6 Å². The van der Waals surface area contributed by atoms with E-state index in [1.807, 2.05) is 13.8 Å². The summed E-state index contributed by atoms with van der Waals surface area (Å²) in [5, 5.41) is 3.16. The zero-order chi connectivity index (χ0) is 19.9. The Bertz CT molecular complexity index is 999. The van der Waals surface area contributed by atoms with E-state index in [-0.39, 0.29) is 16.8 Å². The van der Waals surface area contributed by atoms with Crippen LogP contribution in [0.5, 0.6) is 0 Å². The molecule has 2 bridgehead atoms. The number of fused-ring (bicyclic) bond motifs is 2. The lowest BCUT2D eigenvalue weighted by molar-refractivity contribution is 0.0923. The Morgan fingerprint density at radius 2 is 1.75 bits per heavy atom. The Balaban J connectivity index is 1.52. The molecule has 0 aliphatic heterocycles. The summed E-state index contributed by atoms with van der Waals surface area (Å²) in [7, 11) is -3.71. The maximum atomic E-state index is 12.7. The molecule has 2 aliphatic carbocycles. The molecule has 6 heteroatoms. The number of carbonyl (C=O) groups excluding carboxylic acids is 1. The number of carbonyl (C=O) groups is 1. The van der Waals surface area contributed by atoms with Crippen LogP contribution in [0.15, 0.2) is 47.4 Å². The number of hydrogen-bond donors (Lipinski definition) is 2. The molecule has 2 aliphatic rings. The molecule has 2 N–H and O–H groups in total. The van der Waals surface area contributed by atoms with Gasteiger partial charge in [0.2, 0.25) is 0 Å². The van der Waals surface area contributed by atoms with Crippen molar-refractivity contribution in [2.45, 2.75) is 50.5 Å². The van der Waals surface area contributed by atoms with Crippen molar-refractivity contribution in [2.75, 3.05) is 4.72 Å². The lowest BCUT2D eigenvalue weighted by Gasteiger charge is -2.23. The summed E-state index contributed by atoms with van der Waals surface area (Å²) in [6.45, 7) is 3.73. The Morgan fingerprint density at radius 1 is 1.00 bits per heavy atom. The molecule has 0 saturated heterocycles. The first-order valence-corrected chi connectivity index (χ1v) is 11.3. The van der Waals surface area contributed by atoms with Crippen LogP contribution in [0.2, 0.25) is 0 Å². The molecule has 0 aromatic heterocycles. The van der Waals surface area contributed by atoms with Gasteiger partial charge in [-0.05, 0) is 74.8 Å². The fourth-order valence-electron chi connectivity index (χ4n) is 4.47. The predicted octanol–water partition coefficient (Wildman–Crippen LogP) is 4.02. The summed E-state index contributed by atoms with van der Waals surface area (Å²) >= 11 is 0. The van der Waals surface area contributed by atoms with Crippen LogP contribution in [0.3, 0.4) is 0 Å². The van der Waals surface area contributed by atoms with Crippen LogP contribution < -0.4 is 10.0 Å². The smallest absolute Gasteiger partial charge is 0.261 e. The van der Waals surface area contributed by atoms with Crippen LogP contribution in [-0.2, 0) is 10.0 Å². The summed E-state index contributed by atoms with van der Waals surface area (Å²) < 4.78 is 28.0. The highest BCUT2D eigenvalue weighted by molar-refractivity contribution is 7.92. The highest BCUT2D eigenvalue weighted by Crippen LogP contribution is 2.44. The number of aryl methyl sites for hydroxylation is 2. The molecule has 0 heterocycles. The first-order valence-electron chi connectivity index (χ1n) is 9.83. The largest absolute Gasteiger partial charge is 0.349 e. The fraction of sp³-hybridized carbons (Fsp3) is 0.409. The van der Waals surface area contributed by atoms with Crippen LogP contribution in [0.1, 0.15) is 47.2 Å². The van der Waals surface area contributed by atoms with E-state index in [1.54, 1.807) is 42.5 Å². The van der Waals surface area contributed by atoms with E-state index in [2.05, 4.69) is 10.0 Å². The number of hydrogen-bond acceptors (Lipinski definition) is 3. The second-order valence-corrected chi connectivity index (χ2v) is 9.89. The molecule has 5 nitrogen and oxygen atoms in total. The summed E-state index contributed by atoms with van der Waals surface area (Å²) in [6.07, 6.45) is 4.77. The first kappa shape index (κ1) is 19.0. The van der Waals surface area contributed by atoms with Gasteiger partial charge in [-0.15, -0.1) is 0 Å². The van der Waals surface area contributed by atoms with Crippen molar-refractivity contribution in [2.24, 2.45) is 11.8 Å². The van der Waals surface area contributed by atoms with Crippen molar-refractivity contribution < 1.29 is 13.2 Å². The van der Waals surface area contributed by atoms with Gasteiger partial charge in [0, 0.05) is 11.6 Å². The highest BCUT2D eigenvalue weighted by Gasteiger charge is 2.40. The number of amides is 1. The topological polar surface area (TPSA) is 75.3 Å². The van der Waals surface area contributed by atoms with Gasteiger partial charge in [-0.2, -0.15) is 0 Å². The van der Waals surface area contributed by atoms with Crippen molar-refractivity contribution in [3.05, 3.63) is 59.2 Å². The van der Waals surface area contributed by atoms with E-state index in [9.17, 15) is 13.2 Å². The van der Waals surface area contributed by atoms with Crippen LogP contribution in [0, 0.1) is 25.7 Å². The average Bonchev–Trinajstić information content (AvgIpc) is 3.26. The van der Waals surface area contributed by atoms with Gasteiger partial charge < -0.3 is 5.32 Å². The predicted molar refractivity (Wildman–Crippen MR) is 110 cm³/mol. The molecule has 2 aromatic carbocycles. The maximum absolute atomic E-state index is 12.7. The third kappa shape index (κ3) is 3.78. The highest BCUT2D eigenvalue weighted by atomic mass is 32.2. The zero-order valence-electron chi connectivity index (χ0n) is 16.2. The van der Waals surface area contributed by atoms with E-state index in [0.29, 0.717) is 17.2 Å². The zero-order valence-corrected chi connectivity index (χ0v) is 17.1. The Hall–Kier alpha value is -2.34. The lowest BCUT2D eigenvalue weighted by atomic mass is 9.95. The molecule has 1 amide bonds. The van der Waals surface area contributed by atoms with E-state index >= 15 is 0 Å². The minimum Gasteiger partial charge on any atom is -0.349 e. The molecule has 3 atom stereocenters. The molecule has 0 spiro atoms. The lowest BCUT2D eigenvalue weighted by Crippen LogP contribution is -2.38. The summed E-state index contributed by atoms with van der Waals surface area (Å²) in [5.74, 6) is 1.22. The molecule has 2 fully saturated rings. The van der Waals surface area contributed by atoms with Crippen molar-refractivity contribution in [1.29, 1.82) is 0 Å². The number of anilines is 1. The Morgan fingerprint density at radius 3 is 2.39 bits per heavy atom. The van der Waals surface area contributed by atoms with Crippen molar-refractivity contribution in [3.63, 3.8) is 0 Å². The van der Waals surface area contributed by atoms with Crippen molar-refractivity contribution >= 4 is 21.6 Å². The summed E-state index contributed by atoms with van der Waals surface area (Å²) in [5.41, 5.74) is 2.68. The van der Waals surface area contributed by atoms with Gasteiger partial charge in [-0.3, -0.25) is 9.52 Å². The minimum atomic E-state index is -3.71. The quantitative estimate of drug-likeness (QED) is 0.799. The van der Waals surface area contributed by atoms with Crippen LogP contribution in [0.25, 0.3) is 0 Å². The van der Waals surface area contributed by atoms with Gasteiger partial charge in [0.25, 0.3) is 15.9 Å². The SMILES string of the molecule is Cc1ccc(S(=O)(=O)Nc2cc(C(=O)N[C@H]3C[C@H]4CC[C@H]3C4)ccc2C)cc1.